The van der Waals surface area contributed by atoms with Crippen LogP contribution in [0.4, 0.5) is 0 Å². The molecule has 0 aliphatic heterocycles. The summed E-state index contributed by atoms with van der Waals surface area (Å²) in [6.07, 6.45) is -0.357. The van der Waals surface area contributed by atoms with Gasteiger partial charge >= 0.3 is 11.9 Å². The molecule has 0 atom stereocenters. The van der Waals surface area contributed by atoms with Gasteiger partial charge in [0.05, 0.1) is 6.61 Å². The monoisotopic (exact) mass is 312 g/mol. The van der Waals surface area contributed by atoms with Crippen LogP contribution in [0.1, 0.15) is 30.4 Å². The van der Waals surface area contributed by atoms with Crippen LogP contribution in [0.5, 0.6) is 0 Å². The van der Waals surface area contributed by atoms with Crippen molar-refractivity contribution in [3.63, 3.8) is 0 Å². The molecule has 0 spiro atoms. The van der Waals surface area contributed by atoms with E-state index in [0.29, 0.717) is 0 Å². The van der Waals surface area contributed by atoms with E-state index in [-0.39, 0.29) is 25.6 Å². The minimum atomic E-state index is -0.569. The van der Waals surface area contributed by atoms with Crippen molar-refractivity contribution < 1.29 is 19.1 Å². The first-order valence-electron chi connectivity index (χ1n) is 7.62. The number of hydrogen-bond donors (Lipinski definition) is 0. The number of carbonyl (C=O) groups excluding carboxylic acids is 2. The van der Waals surface area contributed by atoms with Crippen molar-refractivity contribution in [1.82, 2.24) is 0 Å². The Morgan fingerprint density at radius 1 is 0.826 bits per heavy atom. The van der Waals surface area contributed by atoms with Crippen molar-refractivity contribution in [1.29, 1.82) is 0 Å². The predicted octanol–water partition coefficient (Wildman–Crippen LogP) is 3.31. The summed E-state index contributed by atoms with van der Waals surface area (Å²) in [6, 6.07) is 19.7. The van der Waals surface area contributed by atoms with Crippen molar-refractivity contribution in [3.05, 3.63) is 71.8 Å². The molecule has 0 unspecified atom stereocenters. The van der Waals surface area contributed by atoms with Crippen molar-refractivity contribution in [2.45, 2.75) is 19.3 Å². The van der Waals surface area contributed by atoms with Gasteiger partial charge in [-0.2, -0.15) is 0 Å². The SMILES string of the molecule is CCOC(=O)CC(=O)OCC(c1ccccc1)c1ccccc1. The van der Waals surface area contributed by atoms with E-state index in [9.17, 15) is 9.59 Å². The van der Waals surface area contributed by atoms with E-state index in [4.69, 9.17) is 9.47 Å². The molecule has 4 heteroatoms. The second kappa shape index (κ2) is 8.73. The number of carbonyl (C=O) groups is 2. The Morgan fingerprint density at radius 3 is 1.78 bits per heavy atom. The highest BCUT2D eigenvalue weighted by atomic mass is 16.6. The fourth-order valence-electron chi connectivity index (χ4n) is 2.31. The molecule has 4 nitrogen and oxygen atoms in total. The zero-order valence-corrected chi connectivity index (χ0v) is 13.1. The van der Waals surface area contributed by atoms with E-state index in [0.717, 1.165) is 11.1 Å². The molecule has 2 aromatic rings. The maximum absolute atomic E-state index is 11.8. The normalized spacial score (nSPS) is 10.3. The fourth-order valence-corrected chi connectivity index (χ4v) is 2.31. The van der Waals surface area contributed by atoms with Crippen molar-refractivity contribution in [2.24, 2.45) is 0 Å². The Hall–Kier alpha value is -2.62. The zero-order chi connectivity index (χ0) is 16.5. The molecular weight excluding hydrogens is 292 g/mol. The van der Waals surface area contributed by atoms with Crippen LogP contribution in [-0.2, 0) is 19.1 Å². The highest BCUT2D eigenvalue weighted by Gasteiger charge is 2.18. The summed E-state index contributed by atoms with van der Waals surface area (Å²) in [4.78, 5) is 23.1. The summed E-state index contributed by atoms with van der Waals surface area (Å²) in [5, 5.41) is 0. The van der Waals surface area contributed by atoms with Gasteiger partial charge in [-0.25, -0.2) is 0 Å². The third-order valence-corrected chi connectivity index (χ3v) is 3.41. The number of benzene rings is 2. The van der Waals surface area contributed by atoms with Gasteiger partial charge in [0.2, 0.25) is 0 Å². The topological polar surface area (TPSA) is 52.6 Å². The number of esters is 2. The summed E-state index contributed by atoms with van der Waals surface area (Å²) in [7, 11) is 0. The molecule has 0 bridgehead atoms. The smallest absolute Gasteiger partial charge is 0.317 e. The van der Waals surface area contributed by atoms with Crippen molar-refractivity contribution >= 4 is 11.9 Å². The van der Waals surface area contributed by atoms with Crippen LogP contribution >= 0.6 is 0 Å². The van der Waals surface area contributed by atoms with Crippen LogP contribution in [0.2, 0.25) is 0 Å². The molecule has 120 valence electrons. The molecule has 0 aromatic heterocycles. The van der Waals surface area contributed by atoms with Gasteiger partial charge in [-0.05, 0) is 18.1 Å². The summed E-state index contributed by atoms with van der Waals surface area (Å²) in [5.74, 6) is -1.20. The molecule has 0 fully saturated rings. The summed E-state index contributed by atoms with van der Waals surface area (Å²) < 4.78 is 10.0. The predicted molar refractivity (Wildman–Crippen MR) is 86.9 cm³/mol. The van der Waals surface area contributed by atoms with Crippen LogP contribution in [0.3, 0.4) is 0 Å². The van der Waals surface area contributed by atoms with Crippen LogP contribution in [0.25, 0.3) is 0 Å². The molecule has 0 amide bonds. The van der Waals surface area contributed by atoms with Gasteiger partial charge in [0, 0.05) is 5.92 Å². The van der Waals surface area contributed by atoms with Gasteiger partial charge in [0.25, 0.3) is 0 Å². The molecule has 0 aliphatic carbocycles. The lowest BCUT2D eigenvalue weighted by atomic mass is 9.92. The van der Waals surface area contributed by atoms with Crippen LogP contribution < -0.4 is 0 Å². The quantitative estimate of drug-likeness (QED) is 0.581. The first-order valence-corrected chi connectivity index (χ1v) is 7.62. The van der Waals surface area contributed by atoms with Gasteiger partial charge in [0.15, 0.2) is 0 Å². The van der Waals surface area contributed by atoms with Gasteiger partial charge < -0.3 is 9.47 Å². The molecule has 0 radical (unpaired) electrons. The lowest BCUT2D eigenvalue weighted by molar-refractivity contribution is -0.154. The van der Waals surface area contributed by atoms with E-state index in [2.05, 4.69) is 0 Å². The first-order chi connectivity index (χ1) is 11.2. The number of hydrogen-bond acceptors (Lipinski definition) is 4. The number of rotatable bonds is 7. The maximum atomic E-state index is 11.8. The third-order valence-electron chi connectivity index (χ3n) is 3.41. The highest BCUT2D eigenvalue weighted by Crippen LogP contribution is 2.24. The molecule has 0 aliphatic rings. The van der Waals surface area contributed by atoms with Crippen LogP contribution in [0.15, 0.2) is 60.7 Å². The van der Waals surface area contributed by atoms with Gasteiger partial charge in [-0.3, -0.25) is 9.59 Å². The average molecular weight is 312 g/mol. The second-order valence-corrected chi connectivity index (χ2v) is 5.04. The van der Waals surface area contributed by atoms with Gasteiger partial charge in [0.1, 0.15) is 13.0 Å². The standard InChI is InChI=1S/C19H20O4/c1-2-22-18(20)13-19(21)23-14-17(15-9-5-3-6-10-15)16-11-7-4-8-12-16/h3-12,17H,2,13-14H2,1H3. The van der Waals surface area contributed by atoms with Gasteiger partial charge in [-0.1, -0.05) is 60.7 Å². The molecule has 2 rings (SSSR count). The molecular formula is C19H20O4. The Kier molecular flexibility index (Phi) is 6.36. The van der Waals surface area contributed by atoms with E-state index in [1.807, 2.05) is 60.7 Å². The van der Waals surface area contributed by atoms with E-state index < -0.39 is 11.9 Å². The third kappa shape index (κ3) is 5.25. The van der Waals surface area contributed by atoms with Gasteiger partial charge in [-0.15, -0.1) is 0 Å². The number of ether oxygens (including phenoxy) is 2. The first kappa shape index (κ1) is 16.7. The lowest BCUT2D eigenvalue weighted by Gasteiger charge is -2.18. The van der Waals surface area contributed by atoms with Crippen LogP contribution in [-0.4, -0.2) is 25.2 Å². The minimum Gasteiger partial charge on any atom is -0.466 e. The molecule has 23 heavy (non-hydrogen) atoms. The molecule has 0 saturated carbocycles. The second-order valence-electron chi connectivity index (χ2n) is 5.04. The highest BCUT2D eigenvalue weighted by molar-refractivity contribution is 5.91. The van der Waals surface area contributed by atoms with Crippen molar-refractivity contribution in [2.75, 3.05) is 13.2 Å². The fraction of sp³-hybridized carbons (Fsp3) is 0.263. The van der Waals surface area contributed by atoms with E-state index in [1.165, 1.54) is 0 Å². The average Bonchev–Trinajstić information content (AvgIpc) is 2.57. The maximum Gasteiger partial charge on any atom is 0.317 e. The minimum absolute atomic E-state index is 0.0662. The van der Waals surface area contributed by atoms with E-state index in [1.54, 1.807) is 6.92 Å². The Labute approximate surface area is 136 Å². The molecule has 0 heterocycles. The van der Waals surface area contributed by atoms with E-state index >= 15 is 0 Å². The molecule has 0 N–H and O–H groups in total. The van der Waals surface area contributed by atoms with Crippen molar-refractivity contribution in [3.8, 4) is 0 Å². The molecule has 0 saturated heterocycles. The zero-order valence-electron chi connectivity index (χ0n) is 13.1. The Balaban J connectivity index is 2.05. The Morgan fingerprint density at radius 2 is 1.30 bits per heavy atom. The van der Waals surface area contributed by atoms with Crippen LogP contribution in [0, 0.1) is 0 Å². The largest absolute Gasteiger partial charge is 0.466 e. The molecule has 2 aromatic carbocycles. The Bertz CT molecular complexity index is 583. The summed E-state index contributed by atoms with van der Waals surface area (Å²) >= 11 is 0. The lowest BCUT2D eigenvalue weighted by Crippen LogP contribution is -2.18. The summed E-state index contributed by atoms with van der Waals surface area (Å²) in [6.45, 7) is 2.14. The summed E-state index contributed by atoms with van der Waals surface area (Å²) in [5.41, 5.74) is 2.12.